The monoisotopic (exact) mass is 853 g/mol. The Morgan fingerprint density at radius 3 is 1.44 bits per heavy atom. The number of carbonyl (C=O) groups is 2. The molecule has 0 aliphatic heterocycles. The molecule has 2 atom stereocenters. The number of nitrogens with zero attached hydrogens (tertiary/aromatic N) is 1. The predicted octanol–water partition coefficient (Wildman–Crippen LogP) is 13.9. The van der Waals surface area contributed by atoms with Crippen LogP contribution in [0.3, 0.4) is 0 Å². The highest BCUT2D eigenvalue weighted by Gasteiger charge is 2.27. The standard InChI is InChI=1S/C49H90NO8P/c1-6-8-10-12-14-16-18-20-22-23-24-25-26-28-29-31-33-35-37-39-41-48(51)55-45-47(46-57-59(53,54)56-44-43-50(3,4)5)58-49(52)42-40-38-36-34-32-30-27-21-19-17-15-13-11-9-7-2/h9,11,13,15,17,19,21,27,47H,6-8,10,12,14,16,18,20,22-26,28-46H2,1-5H3/p+1/b11-9+,15-13+,19-17+,27-21+/t47-/m1/s1. The van der Waals surface area contributed by atoms with Crippen LogP contribution >= 0.6 is 7.82 Å². The van der Waals surface area contributed by atoms with Crippen molar-refractivity contribution in [1.82, 2.24) is 0 Å². The van der Waals surface area contributed by atoms with Crippen LogP contribution in [0.1, 0.15) is 200 Å². The maximum Gasteiger partial charge on any atom is 0.472 e. The normalized spacial score (nSPS) is 13.9. The number of quaternary nitrogens is 1. The smallest absolute Gasteiger partial charge is 0.462 e. The molecule has 1 unspecified atom stereocenters. The molecular formula is C49H91NO8P+. The Kier molecular flexibility index (Phi) is 39.9. The first-order valence-corrected chi connectivity index (χ1v) is 25.4. The summed E-state index contributed by atoms with van der Waals surface area (Å²) in [4.78, 5) is 35.4. The SMILES string of the molecule is CC/C=C/C=C/C=C/C=C/CCCCCCCC(=O)O[C@H](COC(=O)CCCCCCCCCCCCCCCCCCCCCC)COP(=O)(O)OCC[N+](C)(C)C. The Labute approximate surface area is 363 Å². The maximum atomic E-state index is 12.7. The fourth-order valence-electron chi connectivity index (χ4n) is 6.50. The highest BCUT2D eigenvalue weighted by atomic mass is 31.2. The number of rotatable bonds is 43. The van der Waals surface area contributed by atoms with E-state index in [1.54, 1.807) is 0 Å². The fourth-order valence-corrected chi connectivity index (χ4v) is 7.24. The van der Waals surface area contributed by atoms with Crippen molar-refractivity contribution < 1.29 is 42.1 Å². The molecule has 0 spiro atoms. The predicted molar refractivity (Wildman–Crippen MR) is 247 cm³/mol. The van der Waals surface area contributed by atoms with Crippen LogP contribution in [0.15, 0.2) is 48.6 Å². The van der Waals surface area contributed by atoms with Crippen molar-refractivity contribution >= 4 is 19.8 Å². The summed E-state index contributed by atoms with van der Waals surface area (Å²) < 4.78 is 34.4. The Morgan fingerprint density at radius 1 is 0.542 bits per heavy atom. The van der Waals surface area contributed by atoms with Gasteiger partial charge in [-0.15, -0.1) is 0 Å². The molecule has 0 aliphatic carbocycles. The lowest BCUT2D eigenvalue weighted by molar-refractivity contribution is -0.870. The zero-order valence-electron chi connectivity index (χ0n) is 38.7. The van der Waals surface area contributed by atoms with Gasteiger partial charge in [-0.3, -0.25) is 18.6 Å². The van der Waals surface area contributed by atoms with Gasteiger partial charge in [-0.05, 0) is 32.1 Å². The van der Waals surface area contributed by atoms with Crippen molar-refractivity contribution in [3.8, 4) is 0 Å². The first-order valence-electron chi connectivity index (χ1n) is 23.9. The minimum absolute atomic E-state index is 0.0261. The highest BCUT2D eigenvalue weighted by Crippen LogP contribution is 2.43. The van der Waals surface area contributed by atoms with E-state index in [0.717, 1.165) is 57.8 Å². The van der Waals surface area contributed by atoms with E-state index in [1.807, 2.05) is 51.5 Å². The van der Waals surface area contributed by atoms with E-state index in [-0.39, 0.29) is 32.0 Å². The summed E-state index contributed by atoms with van der Waals surface area (Å²) in [5.74, 6) is -0.821. The van der Waals surface area contributed by atoms with Gasteiger partial charge in [-0.2, -0.15) is 0 Å². The molecule has 0 aliphatic rings. The second-order valence-electron chi connectivity index (χ2n) is 17.2. The van der Waals surface area contributed by atoms with Gasteiger partial charge in [0, 0.05) is 12.8 Å². The van der Waals surface area contributed by atoms with Gasteiger partial charge in [0.05, 0.1) is 27.7 Å². The van der Waals surface area contributed by atoms with E-state index in [9.17, 15) is 19.0 Å². The van der Waals surface area contributed by atoms with E-state index in [4.69, 9.17) is 18.5 Å². The molecular weight excluding hydrogens is 762 g/mol. The molecule has 0 amide bonds. The van der Waals surface area contributed by atoms with Crippen LogP contribution in [0, 0.1) is 0 Å². The summed E-state index contributed by atoms with van der Waals surface area (Å²) in [6.45, 7) is 4.27. The van der Waals surface area contributed by atoms with Crippen molar-refractivity contribution in [3.05, 3.63) is 48.6 Å². The van der Waals surface area contributed by atoms with Gasteiger partial charge < -0.3 is 18.9 Å². The molecule has 0 saturated carbocycles. The first-order chi connectivity index (χ1) is 28.5. The number of carbonyl (C=O) groups excluding carboxylic acids is 2. The summed E-state index contributed by atoms with van der Waals surface area (Å²) in [6.07, 6.45) is 48.8. The van der Waals surface area contributed by atoms with Crippen molar-refractivity contribution in [2.24, 2.45) is 0 Å². The molecule has 0 radical (unpaired) electrons. The summed E-state index contributed by atoms with van der Waals surface area (Å²) in [5.41, 5.74) is 0. The number of unbranched alkanes of at least 4 members (excludes halogenated alkanes) is 24. The third kappa shape index (κ3) is 45.3. The van der Waals surface area contributed by atoms with Crippen LogP contribution in [0.5, 0.6) is 0 Å². The second kappa shape index (κ2) is 41.3. The van der Waals surface area contributed by atoms with Gasteiger partial charge in [0.1, 0.15) is 19.8 Å². The van der Waals surface area contributed by atoms with E-state index in [0.29, 0.717) is 17.4 Å². The minimum Gasteiger partial charge on any atom is -0.462 e. The number of hydrogen-bond donors (Lipinski definition) is 1. The minimum atomic E-state index is -4.38. The Hall–Kier alpha value is -2.03. The number of ether oxygens (including phenoxy) is 2. The molecule has 0 aromatic heterocycles. The van der Waals surface area contributed by atoms with Crippen molar-refractivity contribution in [2.75, 3.05) is 47.5 Å². The molecule has 0 bridgehead atoms. The molecule has 9 nitrogen and oxygen atoms in total. The number of phosphoric ester groups is 1. The van der Waals surface area contributed by atoms with E-state index in [1.165, 1.54) is 109 Å². The average Bonchev–Trinajstić information content (AvgIpc) is 3.19. The van der Waals surface area contributed by atoms with Crippen LogP contribution in [-0.4, -0.2) is 74.9 Å². The number of esters is 2. The molecule has 59 heavy (non-hydrogen) atoms. The zero-order valence-corrected chi connectivity index (χ0v) is 39.6. The second-order valence-corrected chi connectivity index (χ2v) is 18.7. The van der Waals surface area contributed by atoms with E-state index >= 15 is 0 Å². The third-order valence-corrected chi connectivity index (χ3v) is 11.2. The van der Waals surface area contributed by atoms with Crippen molar-refractivity contribution in [1.29, 1.82) is 0 Å². The summed E-state index contributed by atoms with van der Waals surface area (Å²) in [5, 5.41) is 0. The summed E-state index contributed by atoms with van der Waals surface area (Å²) in [7, 11) is 1.46. The number of likely N-dealkylation sites (N-methyl/N-ethyl adjacent to an activating group) is 1. The fraction of sp³-hybridized carbons (Fsp3) is 0.796. The Morgan fingerprint density at radius 2 is 0.966 bits per heavy atom. The van der Waals surface area contributed by atoms with Gasteiger partial charge in [0.25, 0.3) is 0 Å². The molecule has 0 saturated heterocycles. The molecule has 10 heteroatoms. The Bertz CT molecular complexity index is 1150. The lowest BCUT2D eigenvalue weighted by Crippen LogP contribution is -2.37. The van der Waals surface area contributed by atoms with Crippen LogP contribution < -0.4 is 0 Å². The van der Waals surface area contributed by atoms with Gasteiger partial charge in [-0.1, -0.05) is 204 Å². The number of phosphoric acid groups is 1. The topological polar surface area (TPSA) is 108 Å². The molecule has 344 valence electrons. The van der Waals surface area contributed by atoms with Crippen LogP contribution in [0.4, 0.5) is 0 Å². The lowest BCUT2D eigenvalue weighted by Gasteiger charge is -2.24. The highest BCUT2D eigenvalue weighted by molar-refractivity contribution is 7.47. The van der Waals surface area contributed by atoms with Crippen molar-refractivity contribution in [3.63, 3.8) is 0 Å². The van der Waals surface area contributed by atoms with Gasteiger partial charge in [0.2, 0.25) is 0 Å². The van der Waals surface area contributed by atoms with Crippen molar-refractivity contribution in [2.45, 2.75) is 206 Å². The summed E-state index contributed by atoms with van der Waals surface area (Å²) in [6, 6.07) is 0. The molecule has 1 N–H and O–H groups in total. The van der Waals surface area contributed by atoms with E-state index in [2.05, 4.69) is 32.1 Å². The van der Waals surface area contributed by atoms with E-state index < -0.39 is 26.5 Å². The van der Waals surface area contributed by atoms with Gasteiger partial charge >= 0.3 is 19.8 Å². The summed E-state index contributed by atoms with van der Waals surface area (Å²) >= 11 is 0. The molecule has 0 aromatic carbocycles. The lowest BCUT2D eigenvalue weighted by atomic mass is 10.0. The Balaban J connectivity index is 4.28. The van der Waals surface area contributed by atoms with Crippen LogP contribution in [0.2, 0.25) is 0 Å². The molecule has 0 fully saturated rings. The number of hydrogen-bond acceptors (Lipinski definition) is 7. The maximum absolute atomic E-state index is 12.7. The third-order valence-electron chi connectivity index (χ3n) is 10.2. The van der Waals surface area contributed by atoms with Crippen LogP contribution in [0.25, 0.3) is 0 Å². The van der Waals surface area contributed by atoms with Crippen LogP contribution in [-0.2, 0) is 32.7 Å². The molecule has 0 heterocycles. The number of allylic oxidation sites excluding steroid dienone is 8. The van der Waals surface area contributed by atoms with Gasteiger partial charge in [-0.25, -0.2) is 4.57 Å². The molecule has 0 rings (SSSR count). The van der Waals surface area contributed by atoms with Gasteiger partial charge in [0.15, 0.2) is 6.10 Å². The zero-order chi connectivity index (χ0) is 43.6. The largest absolute Gasteiger partial charge is 0.472 e. The quantitative estimate of drug-likeness (QED) is 0.0212. The first kappa shape index (κ1) is 57.0. The molecule has 0 aromatic rings. The average molecular weight is 853 g/mol.